The molecule has 2 aliphatic rings. The number of hydrogen-bond donors (Lipinski definition) is 3. The molecular weight excluding hydrogens is 356 g/mol. The van der Waals surface area contributed by atoms with E-state index in [2.05, 4.69) is 29.5 Å². The fourth-order valence-electron chi connectivity index (χ4n) is 4.00. The topological polar surface area (TPSA) is 106 Å². The molecule has 28 heavy (non-hydrogen) atoms. The number of carbonyl (C=O) groups is 2. The van der Waals surface area contributed by atoms with E-state index in [0.29, 0.717) is 36.4 Å². The highest BCUT2D eigenvalue weighted by Crippen LogP contribution is 2.46. The Labute approximate surface area is 165 Å². The summed E-state index contributed by atoms with van der Waals surface area (Å²) in [5.41, 5.74) is 8.92. The van der Waals surface area contributed by atoms with Crippen LogP contribution in [0.4, 0.5) is 0 Å². The molecule has 1 aromatic heterocycles. The molecular formula is C21H28N4O3. The molecule has 7 heteroatoms. The van der Waals surface area contributed by atoms with Crippen molar-refractivity contribution in [2.24, 2.45) is 11.1 Å². The van der Waals surface area contributed by atoms with E-state index in [1.165, 1.54) is 0 Å². The van der Waals surface area contributed by atoms with E-state index in [0.717, 1.165) is 17.7 Å². The summed E-state index contributed by atoms with van der Waals surface area (Å²) in [6, 6.07) is 3.73. The van der Waals surface area contributed by atoms with Gasteiger partial charge < -0.3 is 21.1 Å². The van der Waals surface area contributed by atoms with E-state index >= 15 is 0 Å². The van der Waals surface area contributed by atoms with Crippen LogP contribution < -0.4 is 16.4 Å². The minimum absolute atomic E-state index is 0.0657. The molecule has 0 fully saturated rings. The second-order valence-electron chi connectivity index (χ2n) is 7.99. The molecule has 150 valence electrons. The first kappa shape index (κ1) is 20.2. The lowest BCUT2D eigenvalue weighted by Crippen LogP contribution is -2.41. The molecule has 0 spiro atoms. The Morgan fingerprint density at radius 2 is 2.21 bits per heavy atom. The summed E-state index contributed by atoms with van der Waals surface area (Å²) in [6.07, 6.45) is 4.58. The zero-order valence-corrected chi connectivity index (χ0v) is 16.7. The molecule has 0 radical (unpaired) electrons. The lowest BCUT2D eigenvalue weighted by Gasteiger charge is -2.40. The van der Waals surface area contributed by atoms with Gasteiger partial charge in [-0.2, -0.15) is 0 Å². The van der Waals surface area contributed by atoms with E-state index in [-0.39, 0.29) is 23.7 Å². The van der Waals surface area contributed by atoms with E-state index in [9.17, 15) is 9.59 Å². The van der Waals surface area contributed by atoms with Gasteiger partial charge in [-0.1, -0.05) is 19.9 Å². The lowest BCUT2D eigenvalue weighted by molar-refractivity contribution is -0.118. The minimum atomic E-state index is -0.468. The number of ether oxygens (including phenoxy) is 1. The van der Waals surface area contributed by atoms with Crippen LogP contribution in [0.15, 0.2) is 47.1 Å². The molecule has 1 aliphatic heterocycles. The normalized spacial score (nSPS) is 21.3. The molecule has 1 aliphatic carbocycles. The van der Waals surface area contributed by atoms with Crippen LogP contribution in [0.25, 0.3) is 0 Å². The maximum Gasteiger partial charge on any atom is 0.249 e. The molecule has 0 aromatic carbocycles. The highest BCUT2D eigenvalue weighted by atomic mass is 16.5. The first-order valence-electron chi connectivity index (χ1n) is 9.54. The summed E-state index contributed by atoms with van der Waals surface area (Å²) < 4.78 is 5.64. The van der Waals surface area contributed by atoms with E-state index in [1.54, 1.807) is 19.4 Å². The van der Waals surface area contributed by atoms with Crippen molar-refractivity contribution in [3.05, 3.63) is 52.6 Å². The number of amides is 1. The number of pyridine rings is 1. The second-order valence-corrected chi connectivity index (χ2v) is 7.99. The van der Waals surface area contributed by atoms with Crippen LogP contribution in [-0.2, 0) is 14.3 Å². The maximum absolute atomic E-state index is 13.1. The van der Waals surface area contributed by atoms with Crippen molar-refractivity contribution >= 4 is 11.7 Å². The summed E-state index contributed by atoms with van der Waals surface area (Å²) in [5.74, 6) is -0.641. The number of carbonyl (C=O) groups excluding carboxylic acids is 2. The molecule has 4 N–H and O–H groups in total. The third-order valence-electron chi connectivity index (χ3n) is 5.12. The molecule has 3 rings (SSSR count). The van der Waals surface area contributed by atoms with Crippen LogP contribution in [-0.4, -0.2) is 43.5 Å². The van der Waals surface area contributed by atoms with Crippen molar-refractivity contribution in [2.75, 3.05) is 26.8 Å². The number of rotatable bonds is 6. The van der Waals surface area contributed by atoms with E-state index in [1.807, 2.05) is 12.1 Å². The van der Waals surface area contributed by atoms with Gasteiger partial charge in [0.05, 0.1) is 24.5 Å². The van der Waals surface area contributed by atoms with Crippen LogP contribution >= 0.6 is 0 Å². The molecule has 2 heterocycles. The number of ketones is 1. The number of Topliss-reactive ketones (excluding diaryl/α,β-unsaturated/α-hetero) is 1. The van der Waals surface area contributed by atoms with Crippen molar-refractivity contribution in [2.45, 2.75) is 32.6 Å². The molecule has 1 amide bonds. The van der Waals surface area contributed by atoms with Crippen LogP contribution in [0.3, 0.4) is 0 Å². The highest BCUT2D eigenvalue weighted by molar-refractivity contribution is 6.05. The van der Waals surface area contributed by atoms with Gasteiger partial charge in [-0.25, -0.2) is 0 Å². The fraction of sp³-hybridized carbons (Fsp3) is 0.476. The quantitative estimate of drug-likeness (QED) is 0.640. The minimum Gasteiger partial charge on any atom is -0.374 e. The third kappa shape index (κ3) is 4.00. The van der Waals surface area contributed by atoms with Gasteiger partial charge in [0, 0.05) is 49.6 Å². The standard InChI is InChI=1S/C21H28N4O3/c1-21(2)9-14-18(16(26)10-21)17(13-5-4-7-24-11-13)19(20(27)23-3)15(25-14)12-28-8-6-22/h4-5,7,11,17,25H,6,8-10,12,22H2,1-3H3,(H,23,27). The number of dihydropyridines is 1. The largest absolute Gasteiger partial charge is 0.374 e. The van der Waals surface area contributed by atoms with Crippen LogP contribution in [0.1, 0.15) is 38.2 Å². The summed E-state index contributed by atoms with van der Waals surface area (Å²) in [4.78, 5) is 30.2. The Bertz CT molecular complexity index is 827. The number of likely N-dealkylation sites (N-methyl/N-ethyl adjacent to an activating group) is 1. The SMILES string of the molecule is CNC(=O)C1=C(COCCN)NC2=C(C(=O)CC(C)(C)C2)C1c1cccnc1. The molecule has 1 unspecified atom stereocenters. The van der Waals surface area contributed by atoms with Crippen molar-refractivity contribution in [1.82, 2.24) is 15.6 Å². The van der Waals surface area contributed by atoms with Gasteiger partial charge in [-0.3, -0.25) is 14.6 Å². The summed E-state index contributed by atoms with van der Waals surface area (Å²) in [6.45, 7) is 5.17. The Kier molecular flexibility index (Phi) is 5.96. The predicted molar refractivity (Wildman–Crippen MR) is 106 cm³/mol. The number of aromatic nitrogens is 1. The first-order chi connectivity index (χ1) is 13.4. The fourth-order valence-corrected chi connectivity index (χ4v) is 4.00. The zero-order chi connectivity index (χ0) is 20.3. The molecule has 1 atom stereocenters. The van der Waals surface area contributed by atoms with Crippen LogP contribution in [0, 0.1) is 5.41 Å². The van der Waals surface area contributed by atoms with Crippen LogP contribution in [0.2, 0.25) is 0 Å². The lowest BCUT2D eigenvalue weighted by atomic mass is 9.68. The zero-order valence-electron chi connectivity index (χ0n) is 16.7. The summed E-state index contributed by atoms with van der Waals surface area (Å²) >= 11 is 0. The van der Waals surface area contributed by atoms with E-state index < -0.39 is 5.92 Å². The van der Waals surface area contributed by atoms with Gasteiger partial charge in [-0.05, 0) is 23.5 Å². The van der Waals surface area contributed by atoms with Crippen LogP contribution in [0.5, 0.6) is 0 Å². The first-order valence-corrected chi connectivity index (χ1v) is 9.54. The Balaban J connectivity index is 2.15. The Morgan fingerprint density at radius 3 is 2.86 bits per heavy atom. The monoisotopic (exact) mass is 384 g/mol. The van der Waals surface area contributed by atoms with Gasteiger partial charge in [-0.15, -0.1) is 0 Å². The van der Waals surface area contributed by atoms with E-state index in [4.69, 9.17) is 10.5 Å². The number of nitrogens with one attached hydrogen (secondary N) is 2. The summed E-state index contributed by atoms with van der Waals surface area (Å²) in [7, 11) is 1.59. The van der Waals surface area contributed by atoms with Crippen molar-refractivity contribution < 1.29 is 14.3 Å². The Hall–Kier alpha value is -2.51. The number of nitrogens with zero attached hydrogens (tertiary/aromatic N) is 1. The van der Waals surface area contributed by atoms with Gasteiger partial charge in [0.2, 0.25) is 5.91 Å². The molecule has 7 nitrogen and oxygen atoms in total. The van der Waals surface area contributed by atoms with Gasteiger partial charge >= 0.3 is 0 Å². The third-order valence-corrected chi connectivity index (χ3v) is 5.12. The molecule has 1 aromatic rings. The van der Waals surface area contributed by atoms with Gasteiger partial charge in [0.25, 0.3) is 0 Å². The predicted octanol–water partition coefficient (Wildman–Crippen LogP) is 1.39. The van der Waals surface area contributed by atoms with Gasteiger partial charge in [0.15, 0.2) is 5.78 Å². The average molecular weight is 384 g/mol. The van der Waals surface area contributed by atoms with Gasteiger partial charge in [0.1, 0.15) is 0 Å². The highest BCUT2D eigenvalue weighted by Gasteiger charge is 2.43. The molecule has 0 saturated heterocycles. The number of nitrogens with two attached hydrogens (primary N) is 1. The van der Waals surface area contributed by atoms with Crippen molar-refractivity contribution in [1.29, 1.82) is 0 Å². The molecule has 0 bridgehead atoms. The van der Waals surface area contributed by atoms with Crippen molar-refractivity contribution in [3.8, 4) is 0 Å². The van der Waals surface area contributed by atoms with Crippen molar-refractivity contribution in [3.63, 3.8) is 0 Å². The Morgan fingerprint density at radius 1 is 1.43 bits per heavy atom. The second kappa shape index (κ2) is 8.24. The number of allylic oxidation sites excluding steroid dienone is 2. The average Bonchev–Trinajstić information content (AvgIpc) is 2.66. The number of hydrogen-bond acceptors (Lipinski definition) is 6. The summed E-state index contributed by atoms with van der Waals surface area (Å²) in [5, 5.41) is 6.07. The molecule has 0 saturated carbocycles. The smallest absolute Gasteiger partial charge is 0.249 e. The maximum atomic E-state index is 13.1.